The minimum atomic E-state index is -1.38. The third-order valence-corrected chi connectivity index (χ3v) is 4.56. The molecule has 21 heavy (non-hydrogen) atoms. The van der Waals surface area contributed by atoms with E-state index in [0.29, 0.717) is 16.4 Å². The van der Waals surface area contributed by atoms with Gasteiger partial charge in [0.1, 0.15) is 5.82 Å². The van der Waals surface area contributed by atoms with Gasteiger partial charge in [-0.25, -0.2) is 4.39 Å². The summed E-state index contributed by atoms with van der Waals surface area (Å²) in [6, 6.07) is 12.7. The van der Waals surface area contributed by atoms with Crippen molar-refractivity contribution in [3.8, 4) is 0 Å². The second kappa shape index (κ2) is 6.76. The monoisotopic (exact) mass is 304 g/mol. The van der Waals surface area contributed by atoms with Gasteiger partial charge in [0.05, 0.1) is 16.6 Å². The van der Waals surface area contributed by atoms with Crippen LogP contribution in [0.2, 0.25) is 0 Å². The molecule has 0 bridgehead atoms. The highest BCUT2D eigenvalue weighted by Crippen LogP contribution is 2.17. The van der Waals surface area contributed by atoms with Crippen molar-refractivity contribution in [1.82, 2.24) is 0 Å². The highest BCUT2D eigenvalue weighted by molar-refractivity contribution is 7.85. The van der Waals surface area contributed by atoms with Crippen molar-refractivity contribution >= 4 is 16.6 Å². The van der Waals surface area contributed by atoms with Crippen LogP contribution in [0.15, 0.2) is 53.4 Å². The molecule has 0 aliphatic carbocycles. The van der Waals surface area contributed by atoms with E-state index in [1.54, 1.807) is 12.1 Å². The number of rotatable bonds is 5. The SMILES string of the molecule is CC(C)c1ccc(S(=O)CC(=O)c2ccc(F)cc2)cc1. The number of carbonyl (C=O) groups is 1. The Morgan fingerprint density at radius 2 is 1.62 bits per heavy atom. The first-order valence-electron chi connectivity index (χ1n) is 6.74. The van der Waals surface area contributed by atoms with Gasteiger partial charge in [0.15, 0.2) is 5.78 Å². The number of benzene rings is 2. The Kier molecular flexibility index (Phi) is 5.02. The van der Waals surface area contributed by atoms with Crippen LogP contribution < -0.4 is 0 Å². The largest absolute Gasteiger partial charge is 0.293 e. The van der Waals surface area contributed by atoms with E-state index in [1.165, 1.54) is 29.8 Å². The summed E-state index contributed by atoms with van der Waals surface area (Å²) >= 11 is 0. The predicted octanol–water partition coefficient (Wildman–Crippen LogP) is 3.94. The summed E-state index contributed by atoms with van der Waals surface area (Å²) in [5, 5.41) is 0. The molecule has 0 spiro atoms. The molecule has 1 unspecified atom stereocenters. The van der Waals surface area contributed by atoms with Gasteiger partial charge >= 0.3 is 0 Å². The predicted molar refractivity (Wildman–Crippen MR) is 82.5 cm³/mol. The van der Waals surface area contributed by atoms with Crippen LogP contribution in [-0.2, 0) is 10.8 Å². The number of carbonyl (C=O) groups excluding carboxylic acids is 1. The number of Topliss-reactive ketones (excluding diaryl/α,β-unsaturated/α-hetero) is 1. The Bertz CT molecular complexity index is 645. The lowest BCUT2D eigenvalue weighted by Gasteiger charge is -2.07. The van der Waals surface area contributed by atoms with Crippen LogP contribution in [0.4, 0.5) is 4.39 Å². The molecule has 0 saturated carbocycles. The fraction of sp³-hybridized carbons (Fsp3) is 0.235. The van der Waals surface area contributed by atoms with E-state index in [9.17, 15) is 13.4 Å². The van der Waals surface area contributed by atoms with Gasteiger partial charge in [0, 0.05) is 10.5 Å². The first kappa shape index (κ1) is 15.6. The molecular formula is C17H17FO2S. The summed E-state index contributed by atoms with van der Waals surface area (Å²) in [6.45, 7) is 4.17. The minimum Gasteiger partial charge on any atom is -0.293 e. The van der Waals surface area contributed by atoms with Crippen molar-refractivity contribution in [2.45, 2.75) is 24.7 Å². The second-order valence-corrected chi connectivity index (χ2v) is 6.59. The van der Waals surface area contributed by atoms with Gasteiger partial charge < -0.3 is 0 Å². The zero-order chi connectivity index (χ0) is 15.4. The van der Waals surface area contributed by atoms with E-state index < -0.39 is 16.6 Å². The van der Waals surface area contributed by atoms with Gasteiger partial charge in [-0.15, -0.1) is 0 Å². The number of hydrogen-bond donors (Lipinski definition) is 0. The first-order valence-corrected chi connectivity index (χ1v) is 8.06. The van der Waals surface area contributed by atoms with Crippen LogP contribution in [0.3, 0.4) is 0 Å². The number of halogens is 1. The smallest absolute Gasteiger partial charge is 0.175 e. The van der Waals surface area contributed by atoms with Crippen LogP contribution in [0.25, 0.3) is 0 Å². The van der Waals surface area contributed by atoms with Crippen LogP contribution in [0.1, 0.15) is 35.7 Å². The summed E-state index contributed by atoms with van der Waals surface area (Å²) in [5.74, 6) is -0.321. The van der Waals surface area contributed by atoms with Crippen molar-refractivity contribution in [3.63, 3.8) is 0 Å². The Morgan fingerprint density at radius 3 is 2.14 bits per heavy atom. The van der Waals surface area contributed by atoms with Crippen LogP contribution >= 0.6 is 0 Å². The first-order chi connectivity index (χ1) is 9.97. The second-order valence-electron chi connectivity index (χ2n) is 5.14. The molecule has 0 aliphatic rings. The number of ketones is 1. The zero-order valence-corrected chi connectivity index (χ0v) is 12.8. The van der Waals surface area contributed by atoms with Gasteiger partial charge in [-0.3, -0.25) is 9.00 Å². The molecule has 1 atom stereocenters. The molecule has 0 fully saturated rings. The van der Waals surface area contributed by atoms with E-state index in [2.05, 4.69) is 13.8 Å². The fourth-order valence-electron chi connectivity index (χ4n) is 1.93. The van der Waals surface area contributed by atoms with Crippen molar-refractivity contribution in [1.29, 1.82) is 0 Å². The standard InChI is InChI=1S/C17H17FO2S/c1-12(2)13-5-9-16(10-6-13)21(20)11-17(19)14-3-7-15(18)8-4-14/h3-10,12H,11H2,1-2H3. The molecule has 4 heteroatoms. The third kappa shape index (κ3) is 4.08. The zero-order valence-electron chi connectivity index (χ0n) is 12.0. The lowest BCUT2D eigenvalue weighted by atomic mass is 10.0. The van der Waals surface area contributed by atoms with E-state index >= 15 is 0 Å². The van der Waals surface area contributed by atoms with E-state index in [4.69, 9.17) is 0 Å². The van der Waals surface area contributed by atoms with Crippen LogP contribution in [0, 0.1) is 5.82 Å². The fourth-order valence-corrected chi connectivity index (χ4v) is 2.94. The summed E-state index contributed by atoms with van der Waals surface area (Å²) in [5.41, 5.74) is 1.55. The molecule has 0 heterocycles. The quantitative estimate of drug-likeness (QED) is 0.784. The molecule has 2 rings (SSSR count). The topological polar surface area (TPSA) is 34.1 Å². The van der Waals surface area contributed by atoms with Crippen LogP contribution in [-0.4, -0.2) is 15.7 Å². The molecule has 0 aromatic heterocycles. The minimum absolute atomic E-state index is 0.0906. The van der Waals surface area contributed by atoms with Crippen molar-refractivity contribution in [3.05, 3.63) is 65.5 Å². The molecule has 0 N–H and O–H groups in total. The maximum absolute atomic E-state index is 12.8. The normalized spacial score (nSPS) is 12.4. The van der Waals surface area contributed by atoms with Gasteiger partial charge in [0.25, 0.3) is 0 Å². The summed E-state index contributed by atoms with van der Waals surface area (Å²) in [6.07, 6.45) is 0. The molecule has 110 valence electrons. The Morgan fingerprint density at radius 1 is 1.05 bits per heavy atom. The maximum atomic E-state index is 12.8. The Labute approximate surface area is 126 Å². The molecule has 0 amide bonds. The van der Waals surface area contributed by atoms with Gasteiger partial charge in [0.2, 0.25) is 0 Å². The van der Waals surface area contributed by atoms with Gasteiger partial charge in [-0.1, -0.05) is 26.0 Å². The molecule has 0 aliphatic heterocycles. The molecule has 0 saturated heterocycles. The average molecular weight is 304 g/mol. The molecule has 2 nitrogen and oxygen atoms in total. The Hall–Kier alpha value is -1.81. The van der Waals surface area contributed by atoms with E-state index in [-0.39, 0.29) is 11.5 Å². The number of hydrogen-bond acceptors (Lipinski definition) is 2. The molecule has 2 aromatic carbocycles. The highest BCUT2D eigenvalue weighted by Gasteiger charge is 2.12. The summed E-state index contributed by atoms with van der Waals surface area (Å²) in [7, 11) is -1.38. The lowest BCUT2D eigenvalue weighted by molar-refractivity contribution is 0.102. The molecule has 0 radical (unpaired) electrons. The van der Waals surface area contributed by atoms with Crippen molar-refractivity contribution in [2.75, 3.05) is 5.75 Å². The van der Waals surface area contributed by atoms with Gasteiger partial charge in [-0.05, 0) is 47.9 Å². The Balaban J connectivity index is 2.07. The summed E-state index contributed by atoms with van der Waals surface area (Å²) in [4.78, 5) is 12.6. The molecule has 2 aromatic rings. The lowest BCUT2D eigenvalue weighted by Crippen LogP contribution is -2.11. The molecular weight excluding hydrogens is 287 g/mol. The van der Waals surface area contributed by atoms with E-state index in [1.807, 2.05) is 12.1 Å². The van der Waals surface area contributed by atoms with Crippen molar-refractivity contribution < 1.29 is 13.4 Å². The highest BCUT2D eigenvalue weighted by atomic mass is 32.2. The van der Waals surface area contributed by atoms with Crippen molar-refractivity contribution in [2.24, 2.45) is 0 Å². The maximum Gasteiger partial charge on any atom is 0.175 e. The average Bonchev–Trinajstić information content (AvgIpc) is 2.47. The van der Waals surface area contributed by atoms with Gasteiger partial charge in [-0.2, -0.15) is 0 Å². The van der Waals surface area contributed by atoms with E-state index in [0.717, 1.165) is 0 Å². The third-order valence-electron chi connectivity index (χ3n) is 3.24. The summed E-state index contributed by atoms with van der Waals surface area (Å²) < 4.78 is 25.0. The van der Waals surface area contributed by atoms with Crippen LogP contribution in [0.5, 0.6) is 0 Å².